The molecule has 0 bridgehead atoms. The SMILES string of the molecule is COc1ccc(N2CCN(CC(=O)Nc3ccccc3)C(=O)C2=O)cc1OC. The van der Waals surface area contributed by atoms with Crippen LogP contribution in [0.4, 0.5) is 11.4 Å². The molecule has 146 valence electrons. The van der Waals surface area contributed by atoms with Gasteiger partial charge in [0.05, 0.1) is 14.2 Å². The van der Waals surface area contributed by atoms with Gasteiger partial charge in [0.2, 0.25) is 5.91 Å². The van der Waals surface area contributed by atoms with E-state index in [9.17, 15) is 14.4 Å². The number of carbonyl (C=O) groups is 3. The van der Waals surface area contributed by atoms with E-state index < -0.39 is 11.8 Å². The molecule has 28 heavy (non-hydrogen) atoms. The number of benzene rings is 2. The molecule has 1 saturated heterocycles. The summed E-state index contributed by atoms with van der Waals surface area (Å²) in [5.41, 5.74) is 1.17. The lowest BCUT2D eigenvalue weighted by atomic mass is 10.2. The third kappa shape index (κ3) is 4.06. The lowest BCUT2D eigenvalue weighted by Gasteiger charge is -2.33. The lowest BCUT2D eigenvalue weighted by molar-refractivity contribution is -0.147. The fourth-order valence-corrected chi connectivity index (χ4v) is 2.96. The van der Waals surface area contributed by atoms with E-state index in [4.69, 9.17) is 9.47 Å². The first-order valence-electron chi connectivity index (χ1n) is 8.71. The number of hydrogen-bond acceptors (Lipinski definition) is 5. The predicted molar refractivity (Wildman–Crippen MR) is 104 cm³/mol. The maximum absolute atomic E-state index is 12.6. The number of methoxy groups -OCH3 is 2. The van der Waals surface area contributed by atoms with Gasteiger partial charge < -0.3 is 24.6 Å². The van der Waals surface area contributed by atoms with Gasteiger partial charge >= 0.3 is 11.8 Å². The summed E-state index contributed by atoms with van der Waals surface area (Å²) in [6.45, 7) is 0.346. The molecule has 1 N–H and O–H groups in total. The van der Waals surface area contributed by atoms with Crippen molar-refractivity contribution in [2.45, 2.75) is 0 Å². The molecule has 0 radical (unpaired) electrons. The molecule has 3 amide bonds. The van der Waals surface area contributed by atoms with Gasteiger partial charge in [0.1, 0.15) is 6.54 Å². The molecule has 8 nitrogen and oxygen atoms in total. The second kappa shape index (κ2) is 8.43. The van der Waals surface area contributed by atoms with Crippen LogP contribution in [0.15, 0.2) is 48.5 Å². The molecule has 1 aliphatic heterocycles. The molecule has 0 aromatic heterocycles. The molecule has 0 atom stereocenters. The van der Waals surface area contributed by atoms with Crippen molar-refractivity contribution in [3.63, 3.8) is 0 Å². The van der Waals surface area contributed by atoms with Crippen LogP contribution < -0.4 is 19.7 Å². The van der Waals surface area contributed by atoms with Gasteiger partial charge in [-0.3, -0.25) is 14.4 Å². The van der Waals surface area contributed by atoms with Crippen LogP contribution in [-0.2, 0) is 14.4 Å². The highest BCUT2D eigenvalue weighted by atomic mass is 16.5. The lowest BCUT2D eigenvalue weighted by Crippen LogP contribution is -2.56. The van der Waals surface area contributed by atoms with Gasteiger partial charge in [-0.25, -0.2) is 0 Å². The van der Waals surface area contributed by atoms with Gasteiger partial charge in [0.25, 0.3) is 0 Å². The van der Waals surface area contributed by atoms with Crippen molar-refractivity contribution in [1.29, 1.82) is 0 Å². The molecule has 0 spiro atoms. The molecule has 1 aliphatic rings. The van der Waals surface area contributed by atoms with E-state index in [-0.39, 0.29) is 25.5 Å². The number of hydrogen-bond donors (Lipinski definition) is 1. The average Bonchev–Trinajstić information content (AvgIpc) is 2.72. The molecule has 8 heteroatoms. The highest BCUT2D eigenvalue weighted by molar-refractivity contribution is 6.41. The first-order chi connectivity index (χ1) is 13.5. The summed E-state index contributed by atoms with van der Waals surface area (Å²) >= 11 is 0. The minimum Gasteiger partial charge on any atom is -0.493 e. The van der Waals surface area contributed by atoms with Crippen molar-refractivity contribution in [2.75, 3.05) is 44.1 Å². The van der Waals surface area contributed by atoms with Gasteiger partial charge in [-0.15, -0.1) is 0 Å². The molecule has 0 aliphatic carbocycles. The predicted octanol–water partition coefficient (Wildman–Crippen LogP) is 1.52. The Labute approximate surface area is 162 Å². The number of amides is 3. The number of nitrogens with zero attached hydrogens (tertiary/aromatic N) is 2. The summed E-state index contributed by atoms with van der Waals surface area (Å²) in [5, 5.41) is 2.71. The van der Waals surface area contributed by atoms with Gasteiger partial charge in [0.15, 0.2) is 11.5 Å². The average molecular weight is 383 g/mol. The summed E-state index contributed by atoms with van der Waals surface area (Å²) in [5.74, 6) is -0.770. The van der Waals surface area contributed by atoms with Gasteiger partial charge in [-0.05, 0) is 24.3 Å². The number of piperazine rings is 1. The number of rotatable bonds is 6. The minimum atomic E-state index is -0.718. The van der Waals surface area contributed by atoms with E-state index in [0.717, 1.165) is 0 Å². The quantitative estimate of drug-likeness (QED) is 0.764. The van der Waals surface area contributed by atoms with E-state index in [2.05, 4.69) is 5.32 Å². The molecule has 0 saturated carbocycles. The van der Waals surface area contributed by atoms with Crippen LogP contribution in [0.5, 0.6) is 11.5 Å². The standard InChI is InChI=1S/C20H21N3O5/c1-27-16-9-8-15(12-17(16)28-2)23-11-10-22(19(25)20(23)26)13-18(24)21-14-6-4-3-5-7-14/h3-9,12H,10-11,13H2,1-2H3,(H,21,24). The summed E-state index contributed by atoms with van der Waals surface area (Å²) in [6, 6.07) is 13.9. The first kappa shape index (κ1) is 19.2. The maximum atomic E-state index is 12.6. The van der Waals surface area contributed by atoms with Crippen LogP contribution in [0.3, 0.4) is 0 Å². The van der Waals surface area contributed by atoms with E-state index in [0.29, 0.717) is 22.9 Å². The molecule has 3 rings (SSSR count). The number of carbonyl (C=O) groups excluding carboxylic acids is 3. The fraction of sp³-hybridized carbons (Fsp3) is 0.250. The maximum Gasteiger partial charge on any atom is 0.316 e. The van der Waals surface area contributed by atoms with Crippen LogP contribution in [0.1, 0.15) is 0 Å². The summed E-state index contributed by atoms with van der Waals surface area (Å²) in [6.07, 6.45) is 0. The normalized spacial score (nSPS) is 14.1. The zero-order valence-corrected chi connectivity index (χ0v) is 15.7. The van der Waals surface area contributed by atoms with Crippen molar-refractivity contribution in [1.82, 2.24) is 4.90 Å². The van der Waals surface area contributed by atoms with Crippen LogP contribution in [-0.4, -0.2) is 56.5 Å². The first-order valence-corrected chi connectivity index (χ1v) is 8.71. The Bertz CT molecular complexity index is 885. The Morgan fingerprint density at radius 3 is 2.36 bits per heavy atom. The smallest absolute Gasteiger partial charge is 0.316 e. The van der Waals surface area contributed by atoms with Crippen molar-refractivity contribution in [3.05, 3.63) is 48.5 Å². The fourth-order valence-electron chi connectivity index (χ4n) is 2.96. The Hall–Kier alpha value is -3.55. The Balaban J connectivity index is 1.66. The van der Waals surface area contributed by atoms with Crippen LogP contribution in [0.2, 0.25) is 0 Å². The van der Waals surface area contributed by atoms with E-state index in [1.54, 1.807) is 42.5 Å². The minimum absolute atomic E-state index is 0.181. The highest BCUT2D eigenvalue weighted by Crippen LogP contribution is 2.32. The number of para-hydroxylation sites is 1. The monoisotopic (exact) mass is 383 g/mol. The Kier molecular flexibility index (Phi) is 5.78. The molecule has 1 fully saturated rings. The highest BCUT2D eigenvalue weighted by Gasteiger charge is 2.34. The number of anilines is 2. The molecule has 1 heterocycles. The van der Waals surface area contributed by atoms with Crippen LogP contribution >= 0.6 is 0 Å². The van der Waals surface area contributed by atoms with Crippen LogP contribution in [0, 0.1) is 0 Å². The van der Waals surface area contributed by atoms with Gasteiger partial charge in [0, 0.05) is 30.5 Å². The zero-order valence-electron chi connectivity index (χ0n) is 15.7. The second-order valence-electron chi connectivity index (χ2n) is 6.14. The molecule has 2 aromatic carbocycles. The second-order valence-corrected chi connectivity index (χ2v) is 6.14. The van der Waals surface area contributed by atoms with Crippen molar-refractivity contribution >= 4 is 29.1 Å². The van der Waals surface area contributed by atoms with Crippen molar-refractivity contribution in [3.8, 4) is 11.5 Å². The number of nitrogens with one attached hydrogen (secondary N) is 1. The van der Waals surface area contributed by atoms with Crippen molar-refractivity contribution in [2.24, 2.45) is 0 Å². The Morgan fingerprint density at radius 2 is 1.68 bits per heavy atom. The summed E-state index contributed by atoms with van der Waals surface area (Å²) in [4.78, 5) is 39.8. The zero-order chi connectivity index (χ0) is 20.1. The van der Waals surface area contributed by atoms with E-state index in [1.165, 1.54) is 24.0 Å². The molecule has 2 aromatic rings. The van der Waals surface area contributed by atoms with E-state index in [1.807, 2.05) is 6.07 Å². The molecule has 0 unspecified atom stereocenters. The molecular formula is C20H21N3O5. The van der Waals surface area contributed by atoms with Gasteiger partial charge in [-0.2, -0.15) is 0 Å². The third-order valence-electron chi connectivity index (χ3n) is 4.38. The topological polar surface area (TPSA) is 88.2 Å². The Morgan fingerprint density at radius 1 is 0.964 bits per heavy atom. The van der Waals surface area contributed by atoms with E-state index >= 15 is 0 Å². The number of ether oxygens (including phenoxy) is 2. The van der Waals surface area contributed by atoms with Crippen molar-refractivity contribution < 1.29 is 23.9 Å². The van der Waals surface area contributed by atoms with Crippen LogP contribution in [0.25, 0.3) is 0 Å². The summed E-state index contributed by atoms with van der Waals surface area (Å²) in [7, 11) is 3.02. The summed E-state index contributed by atoms with van der Waals surface area (Å²) < 4.78 is 10.4. The third-order valence-corrected chi connectivity index (χ3v) is 4.38. The van der Waals surface area contributed by atoms with Gasteiger partial charge in [-0.1, -0.05) is 18.2 Å². The molecular weight excluding hydrogens is 362 g/mol. The largest absolute Gasteiger partial charge is 0.493 e.